The number of unbranched alkanes of at least 4 members (excludes halogenated alkanes) is 9. The number of aryl methyl sites for hydroxylation is 1. The first-order chi connectivity index (χ1) is 17.8. The van der Waals surface area contributed by atoms with E-state index < -0.39 is 0 Å². The monoisotopic (exact) mass is 508 g/mol. The molecule has 0 fully saturated rings. The SMILES string of the molecule is CCCCCCCCc1ccc(OCCOCCOCCOCCOC(=O)CCCCCCC)cc1. The van der Waals surface area contributed by atoms with Crippen LogP contribution in [0.5, 0.6) is 5.75 Å². The molecule has 0 heterocycles. The molecule has 1 aromatic rings. The summed E-state index contributed by atoms with van der Waals surface area (Å²) in [7, 11) is 0. The van der Waals surface area contributed by atoms with Crippen LogP contribution in [0, 0.1) is 0 Å². The number of carbonyl (C=O) groups is 1. The van der Waals surface area contributed by atoms with Crippen molar-refractivity contribution in [1.82, 2.24) is 0 Å². The second-order valence-electron chi connectivity index (χ2n) is 9.23. The van der Waals surface area contributed by atoms with Gasteiger partial charge in [0.15, 0.2) is 0 Å². The van der Waals surface area contributed by atoms with Crippen LogP contribution >= 0.6 is 0 Å². The molecule has 0 spiro atoms. The van der Waals surface area contributed by atoms with Crippen LogP contribution in [-0.2, 0) is 30.2 Å². The van der Waals surface area contributed by atoms with Crippen molar-refractivity contribution in [3.63, 3.8) is 0 Å². The zero-order chi connectivity index (χ0) is 25.9. The normalized spacial score (nSPS) is 11.1. The molecule has 1 rings (SSSR count). The van der Waals surface area contributed by atoms with Crippen molar-refractivity contribution in [3.8, 4) is 5.75 Å². The Morgan fingerprint density at radius 3 is 1.69 bits per heavy atom. The van der Waals surface area contributed by atoms with Gasteiger partial charge in [0, 0.05) is 6.42 Å². The van der Waals surface area contributed by atoms with E-state index in [1.807, 2.05) is 12.1 Å². The predicted molar refractivity (Wildman–Crippen MR) is 146 cm³/mol. The van der Waals surface area contributed by atoms with Gasteiger partial charge in [0.2, 0.25) is 0 Å². The molecule has 36 heavy (non-hydrogen) atoms. The van der Waals surface area contributed by atoms with Gasteiger partial charge in [-0.3, -0.25) is 4.79 Å². The minimum Gasteiger partial charge on any atom is -0.491 e. The maximum absolute atomic E-state index is 11.6. The van der Waals surface area contributed by atoms with Gasteiger partial charge in [0.05, 0.1) is 39.6 Å². The zero-order valence-electron chi connectivity index (χ0n) is 23.1. The smallest absolute Gasteiger partial charge is 0.305 e. The fourth-order valence-electron chi connectivity index (χ4n) is 3.78. The summed E-state index contributed by atoms with van der Waals surface area (Å²) < 4.78 is 27.4. The van der Waals surface area contributed by atoms with Gasteiger partial charge < -0.3 is 23.7 Å². The van der Waals surface area contributed by atoms with Crippen LogP contribution in [0.25, 0.3) is 0 Å². The summed E-state index contributed by atoms with van der Waals surface area (Å²) in [6, 6.07) is 8.42. The lowest BCUT2D eigenvalue weighted by atomic mass is 10.0. The van der Waals surface area contributed by atoms with Crippen molar-refractivity contribution < 1.29 is 28.5 Å². The van der Waals surface area contributed by atoms with Gasteiger partial charge in [-0.2, -0.15) is 0 Å². The maximum Gasteiger partial charge on any atom is 0.305 e. The van der Waals surface area contributed by atoms with Crippen molar-refractivity contribution >= 4 is 5.97 Å². The number of carbonyl (C=O) groups excluding carboxylic acids is 1. The Bertz CT molecular complexity index is 604. The lowest BCUT2D eigenvalue weighted by Crippen LogP contribution is -2.14. The van der Waals surface area contributed by atoms with Gasteiger partial charge in [-0.25, -0.2) is 0 Å². The quantitative estimate of drug-likeness (QED) is 0.0999. The summed E-state index contributed by atoms with van der Waals surface area (Å²) in [5.74, 6) is 0.754. The molecule has 0 atom stereocenters. The van der Waals surface area contributed by atoms with E-state index in [0.717, 1.165) is 25.0 Å². The molecule has 6 nitrogen and oxygen atoms in total. The summed E-state index contributed by atoms with van der Waals surface area (Å²) >= 11 is 0. The number of rotatable bonds is 26. The van der Waals surface area contributed by atoms with Gasteiger partial charge in [-0.1, -0.05) is 83.8 Å². The molecular formula is C30H52O6. The highest BCUT2D eigenvalue weighted by Gasteiger charge is 2.02. The van der Waals surface area contributed by atoms with E-state index in [1.165, 1.54) is 63.4 Å². The molecule has 0 radical (unpaired) electrons. The topological polar surface area (TPSA) is 63.2 Å². The highest BCUT2D eigenvalue weighted by molar-refractivity contribution is 5.69. The first kappa shape index (κ1) is 32.4. The number of benzene rings is 1. The Kier molecular flexibility index (Phi) is 22.5. The maximum atomic E-state index is 11.6. The number of esters is 1. The van der Waals surface area contributed by atoms with Gasteiger partial charge in [0.25, 0.3) is 0 Å². The minimum atomic E-state index is -0.131. The van der Waals surface area contributed by atoms with Crippen LogP contribution in [0.2, 0.25) is 0 Å². The van der Waals surface area contributed by atoms with E-state index in [2.05, 4.69) is 26.0 Å². The molecule has 0 aliphatic carbocycles. The van der Waals surface area contributed by atoms with Gasteiger partial charge in [0.1, 0.15) is 19.0 Å². The van der Waals surface area contributed by atoms with E-state index in [-0.39, 0.29) is 5.97 Å². The largest absolute Gasteiger partial charge is 0.491 e. The molecule has 0 N–H and O–H groups in total. The highest BCUT2D eigenvalue weighted by Crippen LogP contribution is 2.15. The molecular weight excluding hydrogens is 456 g/mol. The lowest BCUT2D eigenvalue weighted by Gasteiger charge is -2.09. The Balaban J connectivity index is 1.84. The third-order valence-electron chi connectivity index (χ3n) is 5.96. The molecule has 0 amide bonds. The standard InChI is InChI=1S/C30H52O6/c1-3-5-7-9-11-12-14-28-16-18-29(19-17-28)35-26-24-33-22-20-32-21-23-34-25-27-36-30(31)15-13-10-8-6-4-2/h16-19H,3-15,20-27H2,1-2H3. The second-order valence-corrected chi connectivity index (χ2v) is 9.23. The van der Waals surface area contributed by atoms with Crippen molar-refractivity contribution in [2.24, 2.45) is 0 Å². The molecule has 0 aromatic heterocycles. The summed E-state index contributed by atoms with van der Waals surface area (Å²) in [4.78, 5) is 11.6. The number of ether oxygens (including phenoxy) is 5. The van der Waals surface area contributed by atoms with E-state index in [9.17, 15) is 4.79 Å². The van der Waals surface area contributed by atoms with Gasteiger partial charge in [-0.15, -0.1) is 0 Å². The van der Waals surface area contributed by atoms with Crippen LogP contribution in [0.15, 0.2) is 24.3 Å². The Morgan fingerprint density at radius 1 is 0.583 bits per heavy atom. The van der Waals surface area contributed by atoms with E-state index in [1.54, 1.807) is 0 Å². The lowest BCUT2D eigenvalue weighted by molar-refractivity contribution is -0.145. The number of hydrogen-bond acceptors (Lipinski definition) is 6. The zero-order valence-corrected chi connectivity index (χ0v) is 23.1. The van der Waals surface area contributed by atoms with E-state index in [0.29, 0.717) is 59.3 Å². The van der Waals surface area contributed by atoms with Gasteiger partial charge >= 0.3 is 5.97 Å². The molecule has 1 aromatic carbocycles. The fraction of sp³-hybridized carbons (Fsp3) is 0.767. The van der Waals surface area contributed by atoms with Crippen molar-refractivity contribution in [3.05, 3.63) is 29.8 Å². The molecule has 0 aliphatic rings. The third kappa shape index (κ3) is 20.6. The molecule has 0 aliphatic heterocycles. The third-order valence-corrected chi connectivity index (χ3v) is 5.96. The van der Waals surface area contributed by atoms with Gasteiger partial charge in [-0.05, 0) is 37.0 Å². The minimum absolute atomic E-state index is 0.131. The van der Waals surface area contributed by atoms with Crippen LogP contribution < -0.4 is 4.74 Å². The molecule has 0 unspecified atom stereocenters. The average Bonchev–Trinajstić information content (AvgIpc) is 2.89. The summed E-state index contributed by atoms with van der Waals surface area (Å²) in [5, 5.41) is 0. The summed E-state index contributed by atoms with van der Waals surface area (Å²) in [5.41, 5.74) is 1.38. The molecule has 6 heteroatoms. The highest BCUT2D eigenvalue weighted by atomic mass is 16.6. The molecule has 0 bridgehead atoms. The summed E-state index contributed by atoms with van der Waals surface area (Å²) in [6.07, 6.45) is 15.3. The van der Waals surface area contributed by atoms with E-state index in [4.69, 9.17) is 23.7 Å². The van der Waals surface area contributed by atoms with Crippen molar-refractivity contribution in [2.75, 3.05) is 52.9 Å². The van der Waals surface area contributed by atoms with Crippen LogP contribution in [0.4, 0.5) is 0 Å². The first-order valence-corrected chi connectivity index (χ1v) is 14.4. The van der Waals surface area contributed by atoms with Crippen LogP contribution in [0.3, 0.4) is 0 Å². The first-order valence-electron chi connectivity index (χ1n) is 14.4. The molecule has 208 valence electrons. The Labute approximate surface area is 220 Å². The van der Waals surface area contributed by atoms with Crippen LogP contribution in [-0.4, -0.2) is 58.8 Å². The van der Waals surface area contributed by atoms with E-state index >= 15 is 0 Å². The average molecular weight is 509 g/mol. The Morgan fingerprint density at radius 2 is 1.08 bits per heavy atom. The fourth-order valence-corrected chi connectivity index (χ4v) is 3.78. The predicted octanol–water partition coefficient (Wildman–Crippen LogP) is 6.92. The Hall–Kier alpha value is -1.63. The molecule has 0 saturated heterocycles. The van der Waals surface area contributed by atoms with Crippen molar-refractivity contribution in [1.29, 1.82) is 0 Å². The van der Waals surface area contributed by atoms with Crippen molar-refractivity contribution in [2.45, 2.75) is 97.3 Å². The van der Waals surface area contributed by atoms with Crippen LogP contribution in [0.1, 0.15) is 96.5 Å². The second kappa shape index (κ2) is 25.0. The number of hydrogen-bond donors (Lipinski definition) is 0. The summed E-state index contributed by atoms with van der Waals surface area (Å²) in [6.45, 7) is 8.22. The molecule has 0 saturated carbocycles.